The lowest BCUT2D eigenvalue weighted by molar-refractivity contribution is -0.132. The van der Waals surface area contributed by atoms with Crippen molar-refractivity contribution in [3.05, 3.63) is 52.5 Å². The fourth-order valence-corrected chi connectivity index (χ4v) is 3.11. The van der Waals surface area contributed by atoms with E-state index in [0.717, 1.165) is 26.1 Å². The number of thiophene rings is 1. The molecule has 0 saturated heterocycles. The third-order valence-electron chi connectivity index (χ3n) is 3.57. The molecule has 0 radical (unpaired) electrons. The summed E-state index contributed by atoms with van der Waals surface area (Å²) < 4.78 is 0. The van der Waals surface area contributed by atoms with Crippen LogP contribution in [0.3, 0.4) is 0 Å². The first kappa shape index (κ1) is 16.6. The number of likely N-dealkylation sites (N-methyl/N-ethyl adjacent to an activating group) is 2. The summed E-state index contributed by atoms with van der Waals surface area (Å²) >= 11 is 1.73. The number of carbonyl (C=O) groups excluding carboxylic acids is 1. The second-order valence-corrected chi connectivity index (χ2v) is 6.36. The summed E-state index contributed by atoms with van der Waals surface area (Å²) in [5.41, 5.74) is 1.22. The van der Waals surface area contributed by atoms with Crippen LogP contribution in [0.5, 0.6) is 0 Å². The minimum atomic E-state index is 0.190. The molecule has 118 valence electrons. The topological polar surface area (TPSA) is 36.4 Å². The van der Waals surface area contributed by atoms with Crippen LogP contribution in [-0.2, 0) is 17.8 Å². The van der Waals surface area contributed by atoms with E-state index < -0.39 is 0 Å². The molecule has 0 aliphatic carbocycles. The van der Waals surface area contributed by atoms with Crippen molar-refractivity contribution >= 4 is 17.2 Å². The highest BCUT2D eigenvalue weighted by Gasteiger charge is 2.14. The zero-order valence-corrected chi connectivity index (χ0v) is 14.1. The Hall–Kier alpha value is -1.72. The Morgan fingerprint density at radius 3 is 2.68 bits per heavy atom. The first-order chi connectivity index (χ1) is 10.7. The van der Waals surface area contributed by atoms with Crippen molar-refractivity contribution in [1.29, 1.82) is 0 Å². The van der Waals surface area contributed by atoms with Gasteiger partial charge >= 0.3 is 0 Å². The number of rotatable bonds is 8. The summed E-state index contributed by atoms with van der Waals surface area (Å²) in [6.45, 7) is 4.82. The van der Waals surface area contributed by atoms with E-state index in [4.69, 9.17) is 0 Å². The SMILES string of the molecule is CCN(CCc1ccncc1)C(=O)CN(C)Cc1cccs1. The van der Waals surface area contributed by atoms with Gasteiger partial charge in [-0.2, -0.15) is 0 Å². The van der Waals surface area contributed by atoms with Crippen molar-refractivity contribution in [3.8, 4) is 0 Å². The Kier molecular flexibility index (Phi) is 6.55. The highest BCUT2D eigenvalue weighted by Crippen LogP contribution is 2.11. The van der Waals surface area contributed by atoms with Crippen LogP contribution in [0.1, 0.15) is 17.4 Å². The van der Waals surface area contributed by atoms with E-state index in [1.807, 2.05) is 37.1 Å². The largest absolute Gasteiger partial charge is 0.342 e. The van der Waals surface area contributed by atoms with Gasteiger partial charge in [-0.15, -0.1) is 11.3 Å². The van der Waals surface area contributed by atoms with E-state index in [0.29, 0.717) is 6.54 Å². The summed E-state index contributed by atoms with van der Waals surface area (Å²) in [6, 6.07) is 8.15. The third kappa shape index (κ3) is 5.24. The first-order valence-corrected chi connectivity index (χ1v) is 8.44. The molecule has 2 heterocycles. The molecular weight excluding hydrogens is 294 g/mol. The average Bonchev–Trinajstić information content (AvgIpc) is 3.01. The standard InChI is InChI=1S/C17H23N3OS/c1-3-20(11-8-15-6-9-18-10-7-15)17(21)14-19(2)13-16-5-4-12-22-16/h4-7,9-10,12H,3,8,11,13-14H2,1-2H3. The van der Waals surface area contributed by atoms with Crippen LogP contribution in [0.15, 0.2) is 42.0 Å². The van der Waals surface area contributed by atoms with Crippen LogP contribution in [0.2, 0.25) is 0 Å². The number of aromatic nitrogens is 1. The van der Waals surface area contributed by atoms with Gasteiger partial charge in [0, 0.05) is 36.9 Å². The van der Waals surface area contributed by atoms with Gasteiger partial charge in [-0.05, 0) is 49.5 Å². The molecule has 1 amide bonds. The number of hydrogen-bond donors (Lipinski definition) is 0. The highest BCUT2D eigenvalue weighted by atomic mass is 32.1. The summed E-state index contributed by atoms with van der Waals surface area (Å²) in [5.74, 6) is 0.190. The summed E-state index contributed by atoms with van der Waals surface area (Å²) in [7, 11) is 1.99. The number of pyridine rings is 1. The van der Waals surface area contributed by atoms with E-state index >= 15 is 0 Å². The molecule has 0 saturated carbocycles. The number of hydrogen-bond acceptors (Lipinski definition) is 4. The molecular formula is C17H23N3OS. The van der Waals surface area contributed by atoms with Crippen LogP contribution in [0, 0.1) is 0 Å². The van der Waals surface area contributed by atoms with E-state index in [1.54, 1.807) is 23.7 Å². The fraction of sp³-hybridized carbons (Fsp3) is 0.412. The third-order valence-corrected chi connectivity index (χ3v) is 4.43. The average molecular weight is 317 g/mol. The van der Waals surface area contributed by atoms with Crippen molar-refractivity contribution in [1.82, 2.24) is 14.8 Å². The van der Waals surface area contributed by atoms with Gasteiger partial charge in [-0.1, -0.05) is 6.07 Å². The van der Waals surface area contributed by atoms with Gasteiger partial charge in [0.1, 0.15) is 0 Å². The molecule has 22 heavy (non-hydrogen) atoms. The molecule has 0 aliphatic rings. The number of carbonyl (C=O) groups is 1. The van der Waals surface area contributed by atoms with E-state index in [-0.39, 0.29) is 5.91 Å². The maximum Gasteiger partial charge on any atom is 0.236 e. The Bertz CT molecular complexity index is 557. The van der Waals surface area contributed by atoms with Crippen molar-refractivity contribution < 1.29 is 4.79 Å². The Morgan fingerprint density at radius 1 is 1.27 bits per heavy atom. The van der Waals surface area contributed by atoms with Crippen molar-refractivity contribution in [3.63, 3.8) is 0 Å². The lowest BCUT2D eigenvalue weighted by Crippen LogP contribution is -2.39. The highest BCUT2D eigenvalue weighted by molar-refractivity contribution is 7.09. The molecule has 0 N–H and O–H groups in total. The van der Waals surface area contributed by atoms with Gasteiger partial charge in [-0.3, -0.25) is 14.7 Å². The summed E-state index contributed by atoms with van der Waals surface area (Å²) in [4.78, 5) is 21.7. The van der Waals surface area contributed by atoms with Gasteiger partial charge in [0.2, 0.25) is 5.91 Å². The van der Waals surface area contributed by atoms with E-state index in [2.05, 4.69) is 21.3 Å². The second kappa shape index (κ2) is 8.66. The zero-order valence-electron chi connectivity index (χ0n) is 13.2. The van der Waals surface area contributed by atoms with Crippen molar-refractivity contribution in [2.24, 2.45) is 0 Å². The van der Waals surface area contributed by atoms with Gasteiger partial charge in [0.25, 0.3) is 0 Å². The predicted octanol–water partition coefficient (Wildman–Crippen LogP) is 2.67. The molecule has 0 spiro atoms. The normalized spacial score (nSPS) is 10.9. The van der Waals surface area contributed by atoms with Gasteiger partial charge in [0.05, 0.1) is 6.54 Å². The quantitative estimate of drug-likeness (QED) is 0.751. The fourth-order valence-electron chi connectivity index (χ4n) is 2.33. The molecule has 0 unspecified atom stereocenters. The first-order valence-electron chi connectivity index (χ1n) is 7.56. The van der Waals surface area contributed by atoms with Gasteiger partial charge in [0.15, 0.2) is 0 Å². The molecule has 0 atom stereocenters. The maximum atomic E-state index is 12.4. The zero-order chi connectivity index (χ0) is 15.8. The maximum absolute atomic E-state index is 12.4. The lowest BCUT2D eigenvalue weighted by Gasteiger charge is -2.24. The van der Waals surface area contributed by atoms with E-state index in [1.165, 1.54) is 10.4 Å². The lowest BCUT2D eigenvalue weighted by atomic mass is 10.2. The molecule has 5 heteroatoms. The molecule has 2 aromatic heterocycles. The predicted molar refractivity (Wildman–Crippen MR) is 90.8 cm³/mol. The Balaban J connectivity index is 1.80. The molecule has 0 aliphatic heterocycles. The van der Waals surface area contributed by atoms with Crippen molar-refractivity contribution in [2.75, 3.05) is 26.7 Å². The minimum Gasteiger partial charge on any atom is -0.342 e. The molecule has 0 bridgehead atoms. The Labute approximate surface area is 136 Å². The molecule has 0 aromatic carbocycles. The second-order valence-electron chi connectivity index (χ2n) is 5.33. The van der Waals surface area contributed by atoms with Gasteiger partial charge in [-0.25, -0.2) is 0 Å². The molecule has 0 fully saturated rings. The summed E-state index contributed by atoms with van der Waals surface area (Å²) in [5, 5.41) is 2.07. The monoisotopic (exact) mass is 317 g/mol. The summed E-state index contributed by atoms with van der Waals surface area (Å²) in [6.07, 6.45) is 4.46. The number of amides is 1. The van der Waals surface area contributed by atoms with Gasteiger partial charge < -0.3 is 4.90 Å². The minimum absolute atomic E-state index is 0.190. The van der Waals surface area contributed by atoms with Crippen LogP contribution in [0.25, 0.3) is 0 Å². The number of nitrogens with zero attached hydrogens (tertiary/aromatic N) is 3. The molecule has 2 rings (SSSR count). The van der Waals surface area contributed by atoms with Crippen LogP contribution >= 0.6 is 11.3 Å². The van der Waals surface area contributed by atoms with E-state index in [9.17, 15) is 4.79 Å². The molecule has 2 aromatic rings. The van der Waals surface area contributed by atoms with Crippen LogP contribution in [-0.4, -0.2) is 47.4 Å². The molecule has 4 nitrogen and oxygen atoms in total. The van der Waals surface area contributed by atoms with Crippen molar-refractivity contribution in [2.45, 2.75) is 19.9 Å². The Morgan fingerprint density at radius 2 is 2.05 bits per heavy atom. The van der Waals surface area contributed by atoms with Crippen LogP contribution < -0.4 is 0 Å². The smallest absolute Gasteiger partial charge is 0.236 e. The van der Waals surface area contributed by atoms with Crippen LogP contribution in [0.4, 0.5) is 0 Å².